The highest BCUT2D eigenvalue weighted by molar-refractivity contribution is 6.35. The number of hydrogen-bond acceptors (Lipinski definition) is 3. The van der Waals surface area contributed by atoms with Crippen molar-refractivity contribution < 1.29 is 9.90 Å². The molecule has 0 aliphatic carbocycles. The van der Waals surface area contributed by atoms with Gasteiger partial charge in [0, 0.05) is 12.7 Å². The van der Waals surface area contributed by atoms with Crippen molar-refractivity contribution in [3.8, 4) is 0 Å². The van der Waals surface area contributed by atoms with Crippen LogP contribution in [0.4, 0.5) is 5.82 Å². The third-order valence-electron chi connectivity index (χ3n) is 2.13. The highest BCUT2D eigenvalue weighted by atomic mass is 35.5. The van der Waals surface area contributed by atoms with Gasteiger partial charge in [-0.15, -0.1) is 0 Å². The Hall–Kier alpha value is -1.29. The summed E-state index contributed by atoms with van der Waals surface area (Å²) in [6.07, 6.45) is 2.42. The van der Waals surface area contributed by atoms with Crippen LogP contribution in [0, 0.1) is 5.92 Å². The van der Waals surface area contributed by atoms with Crippen LogP contribution in [-0.2, 0) is 0 Å². The van der Waals surface area contributed by atoms with Gasteiger partial charge in [-0.2, -0.15) is 0 Å². The van der Waals surface area contributed by atoms with Gasteiger partial charge in [-0.05, 0) is 18.4 Å². The maximum atomic E-state index is 10.8. The molecule has 5 heteroatoms. The van der Waals surface area contributed by atoms with E-state index in [0.29, 0.717) is 11.7 Å². The van der Waals surface area contributed by atoms with Gasteiger partial charge in [0.25, 0.3) is 0 Å². The normalized spacial score (nSPS) is 10.5. The second kappa shape index (κ2) is 5.70. The summed E-state index contributed by atoms with van der Waals surface area (Å²) in [5, 5.41) is 12.1. The summed E-state index contributed by atoms with van der Waals surface area (Å²) in [4.78, 5) is 14.8. The first-order valence-corrected chi connectivity index (χ1v) is 5.51. The first-order chi connectivity index (χ1) is 7.52. The van der Waals surface area contributed by atoms with Crippen molar-refractivity contribution >= 4 is 23.4 Å². The highest BCUT2D eigenvalue weighted by Crippen LogP contribution is 2.23. The predicted octanol–water partition coefficient (Wildman–Crippen LogP) is 2.89. The molecule has 16 heavy (non-hydrogen) atoms. The van der Waals surface area contributed by atoms with Gasteiger partial charge < -0.3 is 10.4 Å². The van der Waals surface area contributed by atoms with Gasteiger partial charge in [-0.3, -0.25) is 0 Å². The predicted molar refractivity (Wildman–Crippen MR) is 64.2 cm³/mol. The Bertz CT molecular complexity index is 380. The van der Waals surface area contributed by atoms with Gasteiger partial charge in [-0.25, -0.2) is 9.78 Å². The van der Waals surface area contributed by atoms with Crippen LogP contribution in [0.1, 0.15) is 30.6 Å². The maximum absolute atomic E-state index is 10.8. The molecule has 2 N–H and O–H groups in total. The van der Waals surface area contributed by atoms with Crippen molar-refractivity contribution in [2.24, 2.45) is 5.92 Å². The molecule has 0 saturated carbocycles. The number of anilines is 1. The summed E-state index contributed by atoms with van der Waals surface area (Å²) in [5.74, 6) is -0.0320. The van der Waals surface area contributed by atoms with Crippen LogP contribution >= 0.6 is 11.6 Å². The number of aromatic nitrogens is 1. The molecule has 0 unspecified atom stereocenters. The van der Waals surface area contributed by atoms with Crippen LogP contribution in [0.3, 0.4) is 0 Å². The second-order valence-corrected chi connectivity index (χ2v) is 4.31. The fourth-order valence-corrected chi connectivity index (χ4v) is 1.47. The Morgan fingerprint density at radius 1 is 1.62 bits per heavy atom. The number of carbonyl (C=O) groups is 1. The molecular formula is C11H15ClN2O2. The number of nitrogens with one attached hydrogen (secondary N) is 1. The van der Waals surface area contributed by atoms with Crippen molar-refractivity contribution in [2.45, 2.75) is 20.3 Å². The van der Waals surface area contributed by atoms with Crippen LogP contribution in [-0.4, -0.2) is 22.6 Å². The molecule has 0 aliphatic rings. The first-order valence-electron chi connectivity index (χ1n) is 5.14. The van der Waals surface area contributed by atoms with Crippen molar-refractivity contribution in [3.05, 3.63) is 22.8 Å². The van der Waals surface area contributed by atoms with Gasteiger partial charge >= 0.3 is 5.97 Å². The molecule has 0 radical (unpaired) electrons. The lowest BCUT2D eigenvalue weighted by atomic mass is 10.1. The summed E-state index contributed by atoms with van der Waals surface area (Å²) in [6.45, 7) is 4.96. The average Bonchev–Trinajstić information content (AvgIpc) is 2.19. The molecule has 0 saturated heterocycles. The van der Waals surface area contributed by atoms with Crippen LogP contribution in [0.25, 0.3) is 0 Å². The number of carboxylic acid groups (broad SMARTS) is 1. The molecule has 0 aliphatic heterocycles. The number of hydrogen-bond donors (Lipinski definition) is 2. The maximum Gasteiger partial charge on any atom is 0.337 e. The van der Waals surface area contributed by atoms with E-state index in [1.54, 1.807) is 0 Å². The molecular weight excluding hydrogens is 228 g/mol. The third kappa shape index (κ3) is 3.38. The zero-order chi connectivity index (χ0) is 12.1. The molecule has 1 aromatic rings. The Labute approximate surface area is 99.6 Å². The summed E-state index contributed by atoms with van der Waals surface area (Å²) < 4.78 is 0. The third-order valence-corrected chi connectivity index (χ3v) is 2.52. The largest absolute Gasteiger partial charge is 0.478 e. The molecule has 1 heterocycles. The zero-order valence-corrected chi connectivity index (χ0v) is 10.1. The molecule has 0 amide bonds. The number of pyridine rings is 1. The van der Waals surface area contributed by atoms with Gasteiger partial charge in [0.1, 0.15) is 5.82 Å². The highest BCUT2D eigenvalue weighted by Gasteiger charge is 2.12. The van der Waals surface area contributed by atoms with Crippen molar-refractivity contribution in [1.29, 1.82) is 0 Å². The van der Waals surface area contributed by atoms with Crippen LogP contribution in [0.2, 0.25) is 5.02 Å². The van der Waals surface area contributed by atoms with E-state index in [0.717, 1.165) is 13.0 Å². The number of carboxylic acids is 1. The minimum absolute atomic E-state index is 0.0729. The fourth-order valence-electron chi connectivity index (χ4n) is 1.21. The molecule has 0 bridgehead atoms. The molecule has 1 rings (SSSR count). The van der Waals surface area contributed by atoms with E-state index < -0.39 is 5.97 Å². The Morgan fingerprint density at radius 3 is 2.88 bits per heavy atom. The quantitative estimate of drug-likeness (QED) is 0.834. The second-order valence-electron chi connectivity index (χ2n) is 3.94. The smallest absolute Gasteiger partial charge is 0.337 e. The Balaban J connectivity index is 2.73. The van der Waals surface area contributed by atoms with E-state index in [9.17, 15) is 4.79 Å². The van der Waals surface area contributed by atoms with Crippen molar-refractivity contribution in [3.63, 3.8) is 0 Å². The summed E-state index contributed by atoms with van der Waals surface area (Å²) in [6, 6.07) is 1.39. The Kier molecular flexibility index (Phi) is 4.55. The zero-order valence-electron chi connectivity index (χ0n) is 9.33. The lowest BCUT2D eigenvalue weighted by molar-refractivity contribution is 0.0697. The van der Waals surface area contributed by atoms with Gasteiger partial charge in [0.05, 0.1) is 10.6 Å². The van der Waals surface area contributed by atoms with E-state index in [1.165, 1.54) is 12.3 Å². The van der Waals surface area contributed by atoms with Gasteiger partial charge in [-0.1, -0.05) is 25.4 Å². The SMILES string of the molecule is CC(C)CCNc1nccc(C(=O)O)c1Cl. The topological polar surface area (TPSA) is 62.2 Å². The van der Waals surface area contributed by atoms with Crippen LogP contribution in [0.5, 0.6) is 0 Å². The average molecular weight is 243 g/mol. The summed E-state index contributed by atoms with van der Waals surface area (Å²) in [7, 11) is 0. The molecule has 88 valence electrons. The van der Waals surface area contributed by atoms with Gasteiger partial charge in [0.15, 0.2) is 0 Å². The van der Waals surface area contributed by atoms with Crippen molar-refractivity contribution in [1.82, 2.24) is 4.98 Å². The number of aromatic carboxylic acids is 1. The van der Waals surface area contributed by atoms with Crippen LogP contribution in [0.15, 0.2) is 12.3 Å². The summed E-state index contributed by atoms with van der Waals surface area (Å²) in [5.41, 5.74) is 0.0729. The first kappa shape index (κ1) is 12.8. The van der Waals surface area contributed by atoms with Crippen molar-refractivity contribution in [2.75, 3.05) is 11.9 Å². The lowest BCUT2D eigenvalue weighted by Gasteiger charge is -2.09. The molecule has 0 spiro atoms. The number of rotatable bonds is 5. The Morgan fingerprint density at radius 2 is 2.31 bits per heavy atom. The van der Waals surface area contributed by atoms with E-state index in [-0.39, 0.29) is 10.6 Å². The van der Waals surface area contributed by atoms with E-state index in [1.807, 2.05) is 0 Å². The molecule has 0 atom stereocenters. The van der Waals surface area contributed by atoms with E-state index in [4.69, 9.17) is 16.7 Å². The minimum Gasteiger partial charge on any atom is -0.478 e. The number of halogens is 1. The monoisotopic (exact) mass is 242 g/mol. The standard InChI is InChI=1S/C11H15ClN2O2/c1-7(2)3-5-13-10-9(12)8(11(15)16)4-6-14-10/h4,6-7H,3,5H2,1-2H3,(H,13,14)(H,15,16). The lowest BCUT2D eigenvalue weighted by Crippen LogP contribution is -2.08. The van der Waals surface area contributed by atoms with E-state index in [2.05, 4.69) is 24.1 Å². The van der Waals surface area contributed by atoms with E-state index >= 15 is 0 Å². The number of nitrogens with zero attached hydrogens (tertiary/aromatic N) is 1. The summed E-state index contributed by atoms with van der Waals surface area (Å²) >= 11 is 5.91. The molecule has 4 nitrogen and oxygen atoms in total. The van der Waals surface area contributed by atoms with Crippen LogP contribution < -0.4 is 5.32 Å². The molecule has 1 aromatic heterocycles. The molecule has 0 fully saturated rings. The fraction of sp³-hybridized carbons (Fsp3) is 0.455. The minimum atomic E-state index is -1.04. The van der Waals surface area contributed by atoms with Gasteiger partial charge in [0.2, 0.25) is 0 Å². The molecule has 0 aromatic carbocycles.